The van der Waals surface area contributed by atoms with Crippen LogP contribution in [0.5, 0.6) is 11.5 Å². The van der Waals surface area contributed by atoms with E-state index >= 15 is 0 Å². The third-order valence-corrected chi connectivity index (χ3v) is 2.84. The molecule has 0 radical (unpaired) electrons. The lowest BCUT2D eigenvalue weighted by atomic mass is 10.2. The van der Waals surface area contributed by atoms with Crippen LogP contribution in [0.4, 0.5) is 0 Å². The van der Waals surface area contributed by atoms with Gasteiger partial charge in [0.25, 0.3) is 0 Å². The van der Waals surface area contributed by atoms with Crippen molar-refractivity contribution >= 4 is 0 Å². The van der Waals surface area contributed by atoms with E-state index in [2.05, 4.69) is 16.5 Å². The fourth-order valence-electron chi connectivity index (χ4n) is 1.91. The molecular weight excluding hydrogens is 230 g/mol. The molecule has 94 valence electrons. The minimum atomic E-state index is 0.325. The summed E-state index contributed by atoms with van der Waals surface area (Å²) in [5.41, 5.74) is 1.19. The van der Waals surface area contributed by atoms with Gasteiger partial charge in [0.1, 0.15) is 0 Å². The molecule has 0 saturated heterocycles. The van der Waals surface area contributed by atoms with Crippen LogP contribution in [0.15, 0.2) is 36.7 Å². The largest absolute Gasteiger partial charge is 0.454 e. The van der Waals surface area contributed by atoms with Crippen LogP contribution in [-0.2, 0) is 13.1 Å². The van der Waals surface area contributed by atoms with Crippen molar-refractivity contribution in [2.24, 2.45) is 0 Å². The SMILES string of the molecule is c1cnn(CCNCc2ccc3c(c2)OCO3)c1. The Morgan fingerprint density at radius 3 is 3.11 bits per heavy atom. The van der Waals surface area contributed by atoms with E-state index < -0.39 is 0 Å². The highest BCUT2D eigenvalue weighted by Gasteiger charge is 2.12. The molecule has 0 bridgehead atoms. The van der Waals surface area contributed by atoms with Gasteiger partial charge in [-0.15, -0.1) is 0 Å². The molecular formula is C13H15N3O2. The second-order valence-electron chi connectivity index (χ2n) is 4.13. The highest BCUT2D eigenvalue weighted by molar-refractivity contribution is 5.44. The molecule has 2 heterocycles. The minimum absolute atomic E-state index is 0.325. The number of rotatable bonds is 5. The molecule has 2 aromatic rings. The van der Waals surface area contributed by atoms with E-state index in [0.717, 1.165) is 31.1 Å². The molecule has 0 atom stereocenters. The van der Waals surface area contributed by atoms with Crippen molar-refractivity contribution in [3.8, 4) is 11.5 Å². The fraction of sp³-hybridized carbons (Fsp3) is 0.308. The van der Waals surface area contributed by atoms with Crippen molar-refractivity contribution in [3.63, 3.8) is 0 Å². The van der Waals surface area contributed by atoms with Crippen molar-refractivity contribution in [2.45, 2.75) is 13.1 Å². The molecule has 0 saturated carbocycles. The Labute approximate surface area is 105 Å². The second-order valence-corrected chi connectivity index (χ2v) is 4.13. The maximum atomic E-state index is 5.34. The van der Waals surface area contributed by atoms with Gasteiger partial charge in [-0.3, -0.25) is 4.68 Å². The number of ether oxygens (including phenoxy) is 2. The maximum Gasteiger partial charge on any atom is 0.231 e. The highest BCUT2D eigenvalue weighted by atomic mass is 16.7. The summed E-state index contributed by atoms with van der Waals surface area (Å²) in [4.78, 5) is 0. The first-order valence-electron chi connectivity index (χ1n) is 5.98. The van der Waals surface area contributed by atoms with Gasteiger partial charge >= 0.3 is 0 Å². The summed E-state index contributed by atoms with van der Waals surface area (Å²) in [5, 5.41) is 7.52. The van der Waals surface area contributed by atoms with E-state index in [9.17, 15) is 0 Å². The average Bonchev–Trinajstić information content (AvgIpc) is 3.05. The molecule has 1 aromatic carbocycles. The summed E-state index contributed by atoms with van der Waals surface area (Å²) in [5.74, 6) is 1.66. The number of hydrogen-bond donors (Lipinski definition) is 1. The number of nitrogens with zero attached hydrogens (tertiary/aromatic N) is 2. The topological polar surface area (TPSA) is 48.3 Å². The van der Waals surface area contributed by atoms with Gasteiger partial charge in [-0.2, -0.15) is 5.10 Å². The second kappa shape index (κ2) is 5.10. The van der Waals surface area contributed by atoms with Gasteiger partial charge in [-0.25, -0.2) is 0 Å². The molecule has 1 aromatic heterocycles. The van der Waals surface area contributed by atoms with E-state index in [4.69, 9.17) is 9.47 Å². The molecule has 0 amide bonds. The van der Waals surface area contributed by atoms with Crippen molar-refractivity contribution in [1.29, 1.82) is 0 Å². The normalized spacial score (nSPS) is 12.9. The van der Waals surface area contributed by atoms with Crippen LogP contribution in [-0.4, -0.2) is 23.1 Å². The Bertz CT molecular complexity index is 511. The predicted octanol–water partition coefficient (Wildman–Crippen LogP) is 1.40. The molecule has 0 spiro atoms. The fourth-order valence-corrected chi connectivity index (χ4v) is 1.91. The van der Waals surface area contributed by atoms with Crippen LogP contribution >= 0.6 is 0 Å². The summed E-state index contributed by atoms with van der Waals surface area (Å²) < 4.78 is 12.5. The average molecular weight is 245 g/mol. The Morgan fingerprint density at radius 1 is 1.28 bits per heavy atom. The summed E-state index contributed by atoms with van der Waals surface area (Å²) in [6, 6.07) is 7.95. The monoisotopic (exact) mass is 245 g/mol. The Morgan fingerprint density at radius 2 is 2.22 bits per heavy atom. The van der Waals surface area contributed by atoms with Gasteiger partial charge in [0.05, 0.1) is 6.54 Å². The van der Waals surface area contributed by atoms with Crippen LogP contribution in [0.2, 0.25) is 0 Å². The van der Waals surface area contributed by atoms with E-state index in [1.54, 1.807) is 6.20 Å². The minimum Gasteiger partial charge on any atom is -0.454 e. The van der Waals surface area contributed by atoms with Crippen molar-refractivity contribution in [2.75, 3.05) is 13.3 Å². The van der Waals surface area contributed by atoms with Crippen LogP contribution in [0, 0.1) is 0 Å². The zero-order valence-electron chi connectivity index (χ0n) is 10.0. The molecule has 1 N–H and O–H groups in total. The first-order valence-corrected chi connectivity index (χ1v) is 5.98. The van der Waals surface area contributed by atoms with Gasteiger partial charge in [-0.05, 0) is 23.8 Å². The zero-order valence-corrected chi connectivity index (χ0v) is 10.0. The molecule has 5 nitrogen and oxygen atoms in total. The smallest absolute Gasteiger partial charge is 0.231 e. The third-order valence-electron chi connectivity index (χ3n) is 2.84. The van der Waals surface area contributed by atoms with Crippen molar-refractivity contribution in [1.82, 2.24) is 15.1 Å². The molecule has 1 aliphatic heterocycles. The van der Waals surface area contributed by atoms with Crippen LogP contribution in [0.3, 0.4) is 0 Å². The lowest BCUT2D eigenvalue weighted by Gasteiger charge is -2.06. The third kappa shape index (κ3) is 2.46. The predicted molar refractivity (Wildman–Crippen MR) is 66.5 cm³/mol. The van der Waals surface area contributed by atoms with Crippen LogP contribution in [0.1, 0.15) is 5.56 Å². The van der Waals surface area contributed by atoms with Gasteiger partial charge in [0.15, 0.2) is 11.5 Å². The first kappa shape index (κ1) is 11.1. The van der Waals surface area contributed by atoms with Gasteiger partial charge in [0, 0.05) is 25.5 Å². The summed E-state index contributed by atoms with van der Waals surface area (Å²) in [6.45, 7) is 2.90. The lowest BCUT2D eigenvalue weighted by molar-refractivity contribution is 0.174. The molecule has 1 aliphatic rings. The summed E-state index contributed by atoms with van der Waals surface area (Å²) in [7, 11) is 0. The van der Waals surface area contributed by atoms with Crippen molar-refractivity contribution in [3.05, 3.63) is 42.2 Å². The first-order chi connectivity index (χ1) is 8.92. The number of nitrogens with one attached hydrogen (secondary N) is 1. The number of fused-ring (bicyclic) bond motifs is 1. The quantitative estimate of drug-likeness (QED) is 0.809. The van der Waals surface area contributed by atoms with Crippen LogP contribution in [0.25, 0.3) is 0 Å². The molecule has 3 rings (SSSR count). The number of benzene rings is 1. The van der Waals surface area contributed by atoms with E-state index in [-0.39, 0.29) is 0 Å². The Balaban J connectivity index is 1.48. The Hall–Kier alpha value is -2.01. The number of aromatic nitrogens is 2. The molecule has 18 heavy (non-hydrogen) atoms. The number of hydrogen-bond acceptors (Lipinski definition) is 4. The van der Waals surface area contributed by atoms with E-state index in [1.165, 1.54) is 5.56 Å². The standard InChI is InChI=1S/C13H15N3O2/c1-4-15-16(6-1)7-5-14-9-11-2-3-12-13(8-11)18-10-17-12/h1-4,6,8,14H,5,7,9-10H2. The van der Waals surface area contributed by atoms with Crippen molar-refractivity contribution < 1.29 is 9.47 Å². The van der Waals surface area contributed by atoms with Gasteiger partial charge in [-0.1, -0.05) is 6.07 Å². The lowest BCUT2D eigenvalue weighted by Crippen LogP contribution is -2.19. The molecule has 0 fully saturated rings. The Kier molecular flexibility index (Phi) is 3.14. The van der Waals surface area contributed by atoms with E-state index in [1.807, 2.05) is 29.1 Å². The molecule has 0 unspecified atom stereocenters. The van der Waals surface area contributed by atoms with Crippen LogP contribution < -0.4 is 14.8 Å². The maximum absolute atomic E-state index is 5.34. The zero-order chi connectivity index (χ0) is 12.2. The van der Waals surface area contributed by atoms with Gasteiger partial charge < -0.3 is 14.8 Å². The molecule has 0 aliphatic carbocycles. The molecule has 5 heteroatoms. The van der Waals surface area contributed by atoms with Gasteiger partial charge in [0.2, 0.25) is 6.79 Å². The summed E-state index contributed by atoms with van der Waals surface area (Å²) >= 11 is 0. The van der Waals surface area contributed by atoms with E-state index in [0.29, 0.717) is 6.79 Å². The highest BCUT2D eigenvalue weighted by Crippen LogP contribution is 2.32. The summed E-state index contributed by atoms with van der Waals surface area (Å²) in [6.07, 6.45) is 3.75.